The molecule has 0 spiro atoms. The molecule has 1 aliphatic heterocycles. The average molecular weight is 531 g/mol. The zero-order chi connectivity index (χ0) is 27.9. The summed E-state index contributed by atoms with van der Waals surface area (Å²) in [6, 6.07) is 39.0. The van der Waals surface area contributed by atoms with Gasteiger partial charge in [0, 0.05) is 21.7 Å². The molecule has 41 heavy (non-hydrogen) atoms. The van der Waals surface area contributed by atoms with Gasteiger partial charge in [-0.3, -0.25) is 0 Å². The van der Waals surface area contributed by atoms with Crippen molar-refractivity contribution in [3.63, 3.8) is 0 Å². The number of pyridine rings is 1. The molecule has 4 heteroatoms. The topological polar surface area (TPSA) is 31.4 Å². The van der Waals surface area contributed by atoms with Crippen LogP contribution < -0.4 is 5.46 Å². The lowest BCUT2D eigenvalue weighted by molar-refractivity contribution is 0.00578. The Morgan fingerprint density at radius 1 is 0.488 bits per heavy atom. The van der Waals surface area contributed by atoms with Crippen LogP contribution in [0, 0.1) is 0 Å². The largest absolute Gasteiger partial charge is 0.495 e. The van der Waals surface area contributed by atoms with Gasteiger partial charge in [-0.25, -0.2) is 4.98 Å². The van der Waals surface area contributed by atoms with Crippen molar-refractivity contribution in [3.8, 4) is 11.3 Å². The first-order chi connectivity index (χ1) is 19.8. The zero-order valence-corrected chi connectivity index (χ0v) is 23.7. The van der Waals surface area contributed by atoms with Crippen molar-refractivity contribution >= 4 is 66.6 Å². The van der Waals surface area contributed by atoms with E-state index in [1.807, 2.05) is 0 Å². The van der Waals surface area contributed by atoms with Gasteiger partial charge in [0.1, 0.15) is 0 Å². The fraction of sp³-hybridized carbons (Fsp3) is 0.162. The van der Waals surface area contributed by atoms with Crippen LogP contribution in [0.3, 0.4) is 0 Å². The van der Waals surface area contributed by atoms with Gasteiger partial charge >= 0.3 is 7.12 Å². The highest BCUT2D eigenvalue weighted by Crippen LogP contribution is 2.42. The molecule has 7 aromatic rings. The molecule has 2 heterocycles. The number of hydrogen-bond donors (Lipinski definition) is 0. The van der Waals surface area contributed by atoms with Crippen molar-refractivity contribution in [2.75, 3.05) is 0 Å². The van der Waals surface area contributed by atoms with Crippen LogP contribution in [0.1, 0.15) is 27.7 Å². The Labute approximate surface area is 239 Å². The Bertz CT molecular complexity index is 2170. The quantitative estimate of drug-likeness (QED) is 0.165. The second kappa shape index (κ2) is 8.63. The van der Waals surface area contributed by atoms with E-state index in [2.05, 4.69) is 137 Å². The highest BCUT2D eigenvalue weighted by atomic mass is 16.7. The fourth-order valence-corrected chi connectivity index (χ4v) is 6.50. The first-order valence-corrected chi connectivity index (χ1v) is 14.3. The summed E-state index contributed by atoms with van der Waals surface area (Å²) in [5.41, 5.74) is 3.37. The van der Waals surface area contributed by atoms with Gasteiger partial charge in [-0.1, -0.05) is 109 Å². The summed E-state index contributed by atoms with van der Waals surface area (Å²) in [6.45, 7) is 8.40. The second-order valence-corrected chi connectivity index (χ2v) is 12.2. The van der Waals surface area contributed by atoms with E-state index in [0.29, 0.717) is 0 Å². The summed E-state index contributed by atoms with van der Waals surface area (Å²) in [5, 5.41) is 10.7. The van der Waals surface area contributed by atoms with Gasteiger partial charge in [0.25, 0.3) is 0 Å². The first kappa shape index (κ1) is 24.5. The Balaban J connectivity index is 1.46. The van der Waals surface area contributed by atoms with Gasteiger partial charge in [0.05, 0.1) is 22.4 Å². The Morgan fingerprint density at radius 2 is 0.951 bits per heavy atom. The minimum Gasteiger partial charge on any atom is -0.399 e. The van der Waals surface area contributed by atoms with Gasteiger partial charge < -0.3 is 9.31 Å². The van der Waals surface area contributed by atoms with E-state index in [1.54, 1.807) is 0 Å². The van der Waals surface area contributed by atoms with Crippen LogP contribution in [0.15, 0.2) is 109 Å². The molecule has 0 N–H and O–H groups in total. The van der Waals surface area contributed by atoms with Crippen molar-refractivity contribution < 1.29 is 9.31 Å². The van der Waals surface area contributed by atoms with Crippen LogP contribution in [0.5, 0.6) is 0 Å². The Morgan fingerprint density at radius 3 is 1.59 bits per heavy atom. The van der Waals surface area contributed by atoms with E-state index in [0.717, 1.165) is 38.4 Å². The van der Waals surface area contributed by atoms with Crippen LogP contribution in [0.25, 0.3) is 65.3 Å². The van der Waals surface area contributed by atoms with E-state index in [4.69, 9.17) is 14.3 Å². The third-order valence-corrected chi connectivity index (χ3v) is 9.30. The normalized spacial score (nSPS) is 16.4. The molecule has 0 atom stereocenters. The van der Waals surface area contributed by atoms with Crippen molar-refractivity contribution in [1.29, 1.82) is 0 Å². The second-order valence-electron chi connectivity index (χ2n) is 12.2. The van der Waals surface area contributed by atoms with Gasteiger partial charge in [-0.2, -0.15) is 0 Å². The molecule has 1 aliphatic rings. The molecule has 1 aromatic heterocycles. The smallest absolute Gasteiger partial charge is 0.399 e. The summed E-state index contributed by atoms with van der Waals surface area (Å²) in [5.74, 6) is 0. The molecule has 8 rings (SSSR count). The van der Waals surface area contributed by atoms with Crippen LogP contribution in [-0.4, -0.2) is 23.3 Å². The molecule has 0 radical (unpaired) electrons. The highest BCUT2D eigenvalue weighted by molar-refractivity contribution is 6.65. The summed E-state index contributed by atoms with van der Waals surface area (Å²) in [7, 11) is -0.435. The molecule has 6 aromatic carbocycles. The third kappa shape index (κ3) is 3.51. The maximum absolute atomic E-state index is 6.48. The number of aromatic nitrogens is 1. The van der Waals surface area contributed by atoms with Crippen LogP contribution >= 0.6 is 0 Å². The van der Waals surface area contributed by atoms with Crippen LogP contribution in [0.2, 0.25) is 0 Å². The first-order valence-electron chi connectivity index (χ1n) is 14.3. The molecule has 1 saturated heterocycles. The van der Waals surface area contributed by atoms with Crippen molar-refractivity contribution in [2.45, 2.75) is 38.9 Å². The van der Waals surface area contributed by atoms with Gasteiger partial charge in [0.2, 0.25) is 0 Å². The number of rotatable bonds is 2. The van der Waals surface area contributed by atoms with Crippen molar-refractivity contribution in [1.82, 2.24) is 4.98 Å². The molecule has 0 amide bonds. The maximum Gasteiger partial charge on any atom is 0.495 e. The van der Waals surface area contributed by atoms with E-state index in [9.17, 15) is 0 Å². The monoisotopic (exact) mass is 531 g/mol. The third-order valence-electron chi connectivity index (χ3n) is 9.30. The van der Waals surface area contributed by atoms with Gasteiger partial charge in [0.15, 0.2) is 0 Å². The molecule has 3 nitrogen and oxygen atoms in total. The predicted molar refractivity (Wildman–Crippen MR) is 173 cm³/mol. The molecule has 198 valence electrons. The lowest BCUT2D eigenvalue weighted by Gasteiger charge is -2.32. The summed E-state index contributed by atoms with van der Waals surface area (Å²) < 4.78 is 13.0. The van der Waals surface area contributed by atoms with Crippen LogP contribution in [0.4, 0.5) is 0 Å². The van der Waals surface area contributed by atoms with E-state index in [-0.39, 0.29) is 0 Å². The van der Waals surface area contributed by atoms with Crippen molar-refractivity contribution in [3.05, 3.63) is 109 Å². The zero-order valence-electron chi connectivity index (χ0n) is 23.7. The molecule has 0 saturated carbocycles. The number of hydrogen-bond acceptors (Lipinski definition) is 3. The van der Waals surface area contributed by atoms with Crippen LogP contribution in [-0.2, 0) is 9.31 Å². The standard InChI is InChI=1S/C37H30BNO2/c1-36(2)37(3,4)41-38(40-36)32-22-21-31(25-15-5-8-16-26(25)32)34-30-20-12-10-18-28(30)33-27-17-9-6-13-23(27)24-14-7-11-19-29(24)35(33)39-34/h5-22H,1-4H3. The summed E-state index contributed by atoms with van der Waals surface area (Å²) in [4.78, 5) is 5.51. The fourth-order valence-electron chi connectivity index (χ4n) is 6.50. The lowest BCUT2D eigenvalue weighted by Crippen LogP contribution is -2.41. The van der Waals surface area contributed by atoms with E-state index >= 15 is 0 Å². The number of fused-ring (bicyclic) bond motifs is 9. The predicted octanol–water partition coefficient (Wildman–Crippen LogP) is 8.81. The molecule has 0 bridgehead atoms. The molecule has 0 aliphatic carbocycles. The number of nitrogens with zero attached hydrogens (tertiary/aromatic N) is 1. The summed E-state index contributed by atoms with van der Waals surface area (Å²) >= 11 is 0. The van der Waals surface area contributed by atoms with Gasteiger partial charge in [-0.15, -0.1) is 0 Å². The summed E-state index contributed by atoms with van der Waals surface area (Å²) in [6.07, 6.45) is 0. The molecule has 0 unspecified atom stereocenters. The van der Waals surface area contributed by atoms with E-state index < -0.39 is 18.3 Å². The van der Waals surface area contributed by atoms with Gasteiger partial charge in [-0.05, 0) is 65.5 Å². The maximum atomic E-state index is 6.48. The lowest BCUT2D eigenvalue weighted by atomic mass is 9.75. The Kier molecular flexibility index (Phi) is 5.16. The number of benzene rings is 6. The SMILES string of the molecule is CC1(C)OB(c2ccc(-c3nc4c5ccccc5c5ccccc5c4c4ccccc34)c3ccccc23)OC1(C)C. The minimum absolute atomic E-state index is 0.405. The average Bonchev–Trinajstić information content (AvgIpc) is 3.22. The molecular formula is C37H30BNO2. The minimum atomic E-state index is -0.435. The molecule has 1 fully saturated rings. The highest BCUT2D eigenvalue weighted by Gasteiger charge is 2.52. The molecular weight excluding hydrogens is 501 g/mol. The Hall–Kier alpha value is -4.25. The van der Waals surface area contributed by atoms with Crippen molar-refractivity contribution in [2.24, 2.45) is 0 Å². The van der Waals surface area contributed by atoms with E-state index in [1.165, 1.54) is 32.3 Å².